The molecule has 2 aromatic rings. The highest BCUT2D eigenvalue weighted by atomic mass is 19.1. The molecule has 2 N–H and O–H groups in total. The lowest BCUT2D eigenvalue weighted by molar-refractivity contribution is 0.118. The predicted molar refractivity (Wildman–Crippen MR) is 75.8 cm³/mol. The fourth-order valence-corrected chi connectivity index (χ4v) is 2.15. The van der Waals surface area contributed by atoms with Gasteiger partial charge >= 0.3 is 0 Å². The molecule has 0 radical (unpaired) electrons. The van der Waals surface area contributed by atoms with Crippen molar-refractivity contribution >= 4 is 5.69 Å². The Morgan fingerprint density at radius 1 is 1.33 bits per heavy atom. The zero-order valence-corrected chi connectivity index (χ0v) is 11.7. The van der Waals surface area contributed by atoms with Crippen molar-refractivity contribution in [2.75, 3.05) is 18.9 Å². The minimum Gasteiger partial charge on any atom is -0.399 e. The second kappa shape index (κ2) is 6.17. The molecule has 0 unspecified atom stereocenters. The number of anilines is 1. The van der Waals surface area contributed by atoms with Crippen molar-refractivity contribution in [2.45, 2.75) is 25.8 Å². The smallest absolute Gasteiger partial charge is 0.182 e. The maximum absolute atomic E-state index is 13.4. The Kier molecular flexibility index (Phi) is 4.10. The van der Waals surface area contributed by atoms with Crippen LogP contribution in [0, 0.1) is 11.7 Å². The molecule has 0 saturated heterocycles. The Labute approximate surface area is 122 Å². The number of rotatable bonds is 7. The number of hydrogen-bond acceptors (Lipinski definition) is 5. The van der Waals surface area contributed by atoms with E-state index in [0.29, 0.717) is 30.2 Å². The van der Waals surface area contributed by atoms with Crippen LogP contribution in [-0.2, 0) is 11.3 Å². The van der Waals surface area contributed by atoms with Gasteiger partial charge in [0.2, 0.25) is 0 Å². The van der Waals surface area contributed by atoms with E-state index in [4.69, 9.17) is 10.5 Å². The summed E-state index contributed by atoms with van der Waals surface area (Å²) in [5, 5.41) is 11.5. The summed E-state index contributed by atoms with van der Waals surface area (Å²) in [4.78, 5) is 0. The minimum atomic E-state index is -0.396. The Bertz CT molecular complexity index is 591. The van der Waals surface area contributed by atoms with Gasteiger partial charge in [0, 0.05) is 31.0 Å². The van der Waals surface area contributed by atoms with Crippen molar-refractivity contribution in [3.8, 4) is 11.4 Å². The van der Waals surface area contributed by atoms with Gasteiger partial charge in [-0.2, -0.15) is 0 Å². The monoisotopic (exact) mass is 291 g/mol. The first kappa shape index (κ1) is 13.9. The number of hydrogen-bond donors (Lipinski definition) is 1. The van der Waals surface area contributed by atoms with E-state index in [0.717, 1.165) is 18.9 Å². The van der Waals surface area contributed by atoms with Crippen LogP contribution in [0.15, 0.2) is 18.2 Å². The Balaban J connectivity index is 1.60. The molecule has 1 aliphatic rings. The van der Waals surface area contributed by atoms with Crippen molar-refractivity contribution in [3.05, 3.63) is 24.0 Å². The zero-order chi connectivity index (χ0) is 14.7. The van der Waals surface area contributed by atoms with Crippen LogP contribution >= 0.6 is 0 Å². The molecule has 21 heavy (non-hydrogen) atoms. The first-order valence-corrected chi connectivity index (χ1v) is 7.13. The summed E-state index contributed by atoms with van der Waals surface area (Å²) in [5.74, 6) is 0.888. The van der Waals surface area contributed by atoms with Crippen molar-refractivity contribution in [1.29, 1.82) is 0 Å². The van der Waals surface area contributed by atoms with E-state index in [-0.39, 0.29) is 0 Å². The largest absolute Gasteiger partial charge is 0.399 e. The van der Waals surface area contributed by atoms with Crippen LogP contribution in [0.25, 0.3) is 11.4 Å². The van der Waals surface area contributed by atoms with Gasteiger partial charge in [0.1, 0.15) is 5.82 Å². The van der Waals surface area contributed by atoms with Crippen LogP contribution in [0.4, 0.5) is 10.1 Å². The van der Waals surface area contributed by atoms with E-state index >= 15 is 0 Å². The third-order valence-corrected chi connectivity index (χ3v) is 3.42. The van der Waals surface area contributed by atoms with Crippen LogP contribution in [-0.4, -0.2) is 33.4 Å². The van der Waals surface area contributed by atoms with E-state index in [1.54, 1.807) is 10.7 Å². The fourth-order valence-electron chi connectivity index (χ4n) is 2.15. The Morgan fingerprint density at radius 2 is 2.19 bits per heavy atom. The zero-order valence-electron chi connectivity index (χ0n) is 11.7. The molecule has 0 atom stereocenters. The number of halogens is 1. The van der Waals surface area contributed by atoms with Crippen LogP contribution < -0.4 is 5.73 Å². The quantitative estimate of drug-likeness (QED) is 0.622. The van der Waals surface area contributed by atoms with Gasteiger partial charge in [0.15, 0.2) is 5.82 Å². The number of nitrogens with two attached hydrogens (primary N) is 1. The number of tetrazole rings is 1. The molecule has 6 nitrogen and oxygen atoms in total. The third kappa shape index (κ3) is 3.75. The summed E-state index contributed by atoms with van der Waals surface area (Å²) in [6, 6.07) is 4.31. The first-order chi connectivity index (χ1) is 10.2. The normalized spacial score (nSPS) is 14.5. The summed E-state index contributed by atoms with van der Waals surface area (Å²) in [6.45, 7) is 2.16. The van der Waals surface area contributed by atoms with Crippen LogP contribution in [0.1, 0.15) is 19.3 Å². The molecule has 0 amide bonds. The SMILES string of the molecule is Nc1cc(F)cc(-c2nnnn2CCCOCC2CC2)c1. The Morgan fingerprint density at radius 3 is 2.95 bits per heavy atom. The summed E-state index contributed by atoms with van der Waals surface area (Å²) in [7, 11) is 0. The lowest BCUT2D eigenvalue weighted by atomic mass is 10.2. The van der Waals surface area contributed by atoms with Gasteiger partial charge in [-0.1, -0.05) is 0 Å². The molecule has 1 aromatic heterocycles. The maximum atomic E-state index is 13.4. The highest BCUT2D eigenvalue weighted by Gasteiger charge is 2.20. The topological polar surface area (TPSA) is 78.9 Å². The highest BCUT2D eigenvalue weighted by molar-refractivity contribution is 5.61. The van der Waals surface area contributed by atoms with E-state index in [2.05, 4.69) is 15.5 Å². The fraction of sp³-hybridized carbons (Fsp3) is 0.500. The van der Waals surface area contributed by atoms with Gasteiger partial charge in [0.05, 0.1) is 0 Å². The predicted octanol–water partition coefficient (Wildman–Crippen LogP) is 1.88. The van der Waals surface area contributed by atoms with Crippen LogP contribution in [0.3, 0.4) is 0 Å². The molecule has 0 spiro atoms. The molecule has 1 heterocycles. The second-order valence-electron chi connectivity index (χ2n) is 5.37. The van der Waals surface area contributed by atoms with Crippen molar-refractivity contribution in [3.63, 3.8) is 0 Å². The molecule has 0 aliphatic heterocycles. The average Bonchev–Trinajstić information content (AvgIpc) is 3.13. The lowest BCUT2D eigenvalue weighted by Crippen LogP contribution is -2.07. The van der Waals surface area contributed by atoms with E-state index in [1.807, 2.05) is 0 Å². The number of benzene rings is 1. The van der Waals surface area contributed by atoms with E-state index in [1.165, 1.54) is 25.0 Å². The summed E-state index contributed by atoms with van der Waals surface area (Å²) in [5.41, 5.74) is 6.59. The van der Waals surface area contributed by atoms with Gasteiger partial charge in [-0.05, 0) is 53.8 Å². The number of nitrogen functional groups attached to an aromatic ring is 1. The van der Waals surface area contributed by atoms with E-state index in [9.17, 15) is 4.39 Å². The minimum absolute atomic E-state index is 0.354. The summed E-state index contributed by atoms with van der Waals surface area (Å²) < 4.78 is 20.6. The van der Waals surface area contributed by atoms with Crippen LogP contribution in [0.2, 0.25) is 0 Å². The molecule has 1 saturated carbocycles. The number of aromatic nitrogens is 4. The highest BCUT2D eigenvalue weighted by Crippen LogP contribution is 2.28. The lowest BCUT2D eigenvalue weighted by Gasteiger charge is -2.06. The molecule has 7 heteroatoms. The average molecular weight is 291 g/mol. The molecule has 1 fully saturated rings. The molecule has 1 aliphatic carbocycles. The van der Waals surface area contributed by atoms with Gasteiger partial charge in [-0.15, -0.1) is 5.10 Å². The molecule has 112 valence electrons. The van der Waals surface area contributed by atoms with Gasteiger partial charge in [-0.25, -0.2) is 9.07 Å². The van der Waals surface area contributed by atoms with Crippen molar-refractivity contribution < 1.29 is 9.13 Å². The van der Waals surface area contributed by atoms with Gasteiger partial charge in [0.25, 0.3) is 0 Å². The third-order valence-electron chi connectivity index (χ3n) is 3.42. The number of aryl methyl sites for hydroxylation is 1. The summed E-state index contributed by atoms with van der Waals surface area (Å²) >= 11 is 0. The Hall–Kier alpha value is -2.02. The number of nitrogens with zero attached hydrogens (tertiary/aromatic N) is 4. The summed E-state index contributed by atoms with van der Waals surface area (Å²) in [6.07, 6.45) is 3.39. The second-order valence-corrected chi connectivity index (χ2v) is 5.37. The van der Waals surface area contributed by atoms with E-state index < -0.39 is 5.82 Å². The molecule has 0 bridgehead atoms. The van der Waals surface area contributed by atoms with Crippen molar-refractivity contribution in [2.24, 2.45) is 5.92 Å². The molecule has 1 aromatic carbocycles. The van der Waals surface area contributed by atoms with Crippen molar-refractivity contribution in [1.82, 2.24) is 20.2 Å². The van der Waals surface area contributed by atoms with Gasteiger partial charge < -0.3 is 10.5 Å². The molecular formula is C14H18FN5O. The first-order valence-electron chi connectivity index (χ1n) is 7.13. The molecular weight excluding hydrogens is 273 g/mol. The standard InChI is InChI=1S/C14H18FN5O/c15-12-6-11(7-13(16)8-12)14-17-18-19-20(14)4-1-5-21-9-10-2-3-10/h6-8,10H,1-5,9,16H2. The van der Waals surface area contributed by atoms with Crippen LogP contribution in [0.5, 0.6) is 0 Å². The maximum Gasteiger partial charge on any atom is 0.182 e. The molecule has 3 rings (SSSR count). The number of ether oxygens (including phenoxy) is 1. The van der Waals surface area contributed by atoms with Gasteiger partial charge in [-0.3, -0.25) is 0 Å².